The number of H-pyrrole nitrogens is 2. The fraction of sp³-hybridized carbons (Fsp3) is 0.105. The molecule has 0 radical (unpaired) electrons. The van der Waals surface area contributed by atoms with Gasteiger partial charge in [0, 0.05) is 18.4 Å². The number of anilines is 2. The van der Waals surface area contributed by atoms with Gasteiger partial charge in [0.1, 0.15) is 64.0 Å². The van der Waals surface area contributed by atoms with Crippen molar-refractivity contribution >= 4 is 33.7 Å². The van der Waals surface area contributed by atoms with Crippen LogP contribution >= 0.6 is 0 Å². The van der Waals surface area contributed by atoms with Crippen LogP contribution in [0.2, 0.25) is 0 Å². The van der Waals surface area contributed by atoms with Gasteiger partial charge in [-0.1, -0.05) is 24.3 Å². The Morgan fingerprint density at radius 3 is 2.20 bits per heavy atom. The number of nitrogens with one attached hydrogen (secondary N) is 2. The maximum absolute atomic E-state index is 11.4. The molecule has 246 valence electrons. The van der Waals surface area contributed by atoms with Crippen LogP contribution < -0.4 is 20.9 Å². The third-order valence-electron chi connectivity index (χ3n) is 9.94. The average Bonchev–Trinajstić information content (AvgIpc) is 3.96. The summed E-state index contributed by atoms with van der Waals surface area (Å²) in [4.78, 5) is 16.1. The standard InChI is InChI=1S/C38H30N8O4/c1-49-20-10-12-26-19(14-20)15-28-33(47)31(35(39)45(26)28)38-43-24-11-9-18(13-25(24)44-38)17-50-30-8-4-7-27-21(30)16-29-34(48)32(36(40)46(27)29)37-41-22-5-2-3-6-23(22)42-37/h2-14,47-48H,15-17,39-40H2,1H3,(H,41,42)(H,43,44). The van der Waals surface area contributed by atoms with Gasteiger partial charge >= 0.3 is 0 Å². The number of aromatic hydroxyl groups is 2. The van der Waals surface area contributed by atoms with Crippen molar-refractivity contribution in [1.82, 2.24) is 29.1 Å². The Morgan fingerprint density at radius 1 is 0.740 bits per heavy atom. The molecule has 0 unspecified atom stereocenters. The minimum Gasteiger partial charge on any atom is -0.505 e. The minimum absolute atomic E-state index is 0.105. The monoisotopic (exact) mass is 662 g/mol. The van der Waals surface area contributed by atoms with E-state index in [2.05, 4.69) is 15.0 Å². The molecule has 12 heteroatoms. The van der Waals surface area contributed by atoms with E-state index in [-0.39, 0.29) is 11.5 Å². The predicted octanol–water partition coefficient (Wildman–Crippen LogP) is 6.33. The van der Waals surface area contributed by atoms with E-state index >= 15 is 0 Å². The first kappa shape index (κ1) is 28.2. The highest BCUT2D eigenvalue weighted by molar-refractivity contribution is 5.89. The SMILES string of the molecule is COc1ccc2c(c1)Cc1c(O)c(-c3nc4ccc(COc5cccc6c5Cc5c(O)c(-c7nc8ccccc8[nH]7)c(N)n5-6)cc4[nH]3)c(N)n1-2. The number of ether oxygens (including phenoxy) is 2. The number of nitrogen functional groups attached to an aromatic ring is 2. The van der Waals surface area contributed by atoms with Crippen LogP contribution in [0.3, 0.4) is 0 Å². The van der Waals surface area contributed by atoms with Gasteiger partial charge in [-0.25, -0.2) is 9.97 Å². The fourth-order valence-electron chi connectivity index (χ4n) is 7.57. The molecule has 12 nitrogen and oxygen atoms in total. The second-order valence-electron chi connectivity index (χ2n) is 12.7. The number of rotatable bonds is 6. The molecular weight excluding hydrogens is 632 g/mol. The number of hydrogen-bond acceptors (Lipinski definition) is 8. The molecule has 50 heavy (non-hydrogen) atoms. The van der Waals surface area contributed by atoms with E-state index in [0.717, 1.165) is 61.6 Å². The lowest BCUT2D eigenvalue weighted by Crippen LogP contribution is -2.01. The molecule has 8 aromatic rings. The van der Waals surface area contributed by atoms with E-state index in [0.29, 0.717) is 65.3 Å². The van der Waals surface area contributed by atoms with Crippen LogP contribution in [0.1, 0.15) is 28.1 Å². The molecule has 0 fully saturated rings. The van der Waals surface area contributed by atoms with E-state index in [1.54, 1.807) is 7.11 Å². The number of aromatic nitrogens is 6. The van der Waals surface area contributed by atoms with Crippen molar-refractivity contribution in [1.29, 1.82) is 0 Å². The number of aromatic amines is 2. The molecule has 0 saturated heterocycles. The highest BCUT2D eigenvalue weighted by Gasteiger charge is 2.33. The van der Waals surface area contributed by atoms with Gasteiger partial charge in [0.2, 0.25) is 0 Å². The van der Waals surface area contributed by atoms with Gasteiger partial charge in [0.05, 0.1) is 51.9 Å². The largest absolute Gasteiger partial charge is 0.505 e. The van der Waals surface area contributed by atoms with Gasteiger partial charge in [-0.2, -0.15) is 0 Å². The molecule has 6 heterocycles. The second kappa shape index (κ2) is 10.1. The molecule has 0 amide bonds. The minimum atomic E-state index is 0.105. The molecule has 2 aliphatic heterocycles. The van der Waals surface area contributed by atoms with E-state index in [1.165, 1.54) is 0 Å². The highest BCUT2D eigenvalue weighted by Crippen LogP contribution is 2.49. The zero-order valence-electron chi connectivity index (χ0n) is 26.8. The van der Waals surface area contributed by atoms with Crippen molar-refractivity contribution in [3.05, 3.63) is 107 Å². The number of fused-ring (bicyclic) bond motifs is 8. The summed E-state index contributed by atoms with van der Waals surface area (Å²) in [7, 11) is 1.63. The molecular formula is C38H30N8O4. The average molecular weight is 663 g/mol. The van der Waals surface area contributed by atoms with Crippen molar-refractivity contribution in [3.8, 4) is 57.1 Å². The summed E-state index contributed by atoms with van der Waals surface area (Å²) in [5.74, 6) is 3.54. The fourth-order valence-corrected chi connectivity index (χ4v) is 7.57. The maximum atomic E-state index is 11.4. The Bertz CT molecular complexity index is 2680. The number of nitrogens with zero attached hydrogens (tertiary/aromatic N) is 4. The van der Waals surface area contributed by atoms with Crippen molar-refractivity contribution in [2.45, 2.75) is 19.4 Å². The van der Waals surface area contributed by atoms with Crippen LogP contribution in [-0.4, -0.2) is 46.4 Å². The molecule has 2 aliphatic rings. The van der Waals surface area contributed by atoms with Crippen LogP contribution in [0, 0.1) is 0 Å². The number of methoxy groups -OCH3 is 1. The first-order valence-corrected chi connectivity index (χ1v) is 16.2. The lowest BCUT2D eigenvalue weighted by Gasteiger charge is -2.12. The number of benzene rings is 4. The quantitative estimate of drug-likeness (QED) is 0.120. The van der Waals surface area contributed by atoms with E-state index < -0.39 is 0 Å². The van der Waals surface area contributed by atoms with Crippen LogP contribution in [0.25, 0.3) is 56.2 Å². The van der Waals surface area contributed by atoms with Gasteiger partial charge in [-0.3, -0.25) is 9.13 Å². The summed E-state index contributed by atoms with van der Waals surface area (Å²) in [6.07, 6.45) is 0.989. The second-order valence-corrected chi connectivity index (χ2v) is 12.7. The summed E-state index contributed by atoms with van der Waals surface area (Å²) in [5, 5.41) is 22.6. The lowest BCUT2D eigenvalue weighted by molar-refractivity contribution is 0.304. The van der Waals surface area contributed by atoms with E-state index in [4.69, 9.17) is 25.9 Å². The number of imidazole rings is 2. The summed E-state index contributed by atoms with van der Waals surface area (Å²) >= 11 is 0. The van der Waals surface area contributed by atoms with Crippen LogP contribution in [0.15, 0.2) is 78.9 Å². The predicted molar refractivity (Wildman–Crippen MR) is 190 cm³/mol. The Labute approximate surface area is 284 Å². The normalized spacial score (nSPS) is 12.7. The van der Waals surface area contributed by atoms with Gasteiger partial charge in [-0.15, -0.1) is 0 Å². The third kappa shape index (κ3) is 3.86. The summed E-state index contributed by atoms with van der Waals surface area (Å²) in [5.41, 5.74) is 23.6. The van der Waals surface area contributed by atoms with Crippen molar-refractivity contribution < 1.29 is 19.7 Å². The smallest absolute Gasteiger partial charge is 0.150 e. The molecule has 0 aliphatic carbocycles. The Balaban J connectivity index is 0.926. The Morgan fingerprint density at radius 2 is 1.44 bits per heavy atom. The first-order valence-electron chi connectivity index (χ1n) is 16.2. The van der Waals surface area contributed by atoms with Crippen molar-refractivity contribution in [2.75, 3.05) is 18.6 Å². The number of nitrogens with two attached hydrogens (primary N) is 2. The van der Waals surface area contributed by atoms with E-state index in [1.807, 2.05) is 88.0 Å². The van der Waals surface area contributed by atoms with Gasteiger partial charge in [0.15, 0.2) is 0 Å². The molecule has 4 aromatic heterocycles. The van der Waals surface area contributed by atoms with Gasteiger partial charge < -0.3 is 41.1 Å². The topological polar surface area (TPSA) is 178 Å². The van der Waals surface area contributed by atoms with Crippen LogP contribution in [-0.2, 0) is 19.4 Å². The molecule has 0 atom stereocenters. The summed E-state index contributed by atoms with van der Waals surface area (Å²) in [6.45, 7) is 0.301. The molecule has 0 spiro atoms. The zero-order chi connectivity index (χ0) is 33.8. The third-order valence-corrected chi connectivity index (χ3v) is 9.94. The zero-order valence-corrected chi connectivity index (χ0v) is 26.8. The maximum Gasteiger partial charge on any atom is 0.150 e. The number of hydrogen-bond donors (Lipinski definition) is 6. The first-order chi connectivity index (χ1) is 24.4. The molecule has 10 rings (SSSR count). The van der Waals surface area contributed by atoms with Crippen molar-refractivity contribution in [3.63, 3.8) is 0 Å². The van der Waals surface area contributed by atoms with Gasteiger partial charge in [0.25, 0.3) is 0 Å². The molecule has 4 aromatic carbocycles. The molecule has 8 N–H and O–H groups in total. The Kier molecular flexibility index (Phi) is 5.70. The Hall–Kier alpha value is -6.82. The summed E-state index contributed by atoms with van der Waals surface area (Å²) in [6, 6.07) is 25.2. The van der Waals surface area contributed by atoms with Crippen LogP contribution in [0.4, 0.5) is 11.6 Å². The summed E-state index contributed by atoms with van der Waals surface area (Å²) < 4.78 is 15.5. The number of para-hydroxylation sites is 2. The van der Waals surface area contributed by atoms with Crippen molar-refractivity contribution in [2.24, 2.45) is 0 Å². The van der Waals surface area contributed by atoms with Crippen LogP contribution in [0.5, 0.6) is 23.0 Å². The lowest BCUT2D eigenvalue weighted by atomic mass is 10.1. The van der Waals surface area contributed by atoms with E-state index in [9.17, 15) is 10.2 Å². The molecule has 0 bridgehead atoms. The van der Waals surface area contributed by atoms with Gasteiger partial charge in [-0.05, 0) is 65.7 Å². The highest BCUT2D eigenvalue weighted by atomic mass is 16.5. The molecule has 0 saturated carbocycles.